The van der Waals surface area contributed by atoms with Gasteiger partial charge in [0.05, 0.1) is 11.4 Å². The van der Waals surface area contributed by atoms with Crippen molar-refractivity contribution in [3.63, 3.8) is 0 Å². The van der Waals surface area contributed by atoms with Crippen molar-refractivity contribution in [1.82, 2.24) is 10.9 Å². The van der Waals surface area contributed by atoms with Gasteiger partial charge in [0, 0.05) is 0 Å². The number of anilines is 2. The van der Waals surface area contributed by atoms with E-state index in [9.17, 15) is 4.79 Å². The summed E-state index contributed by atoms with van der Waals surface area (Å²) < 4.78 is 0. The maximum Gasteiger partial charge on any atom is 0.352 e. The number of urea groups is 1. The highest BCUT2D eigenvalue weighted by Crippen LogP contribution is 2.16. The lowest BCUT2D eigenvalue weighted by Crippen LogP contribution is -2.42. The second-order valence-electron chi connectivity index (χ2n) is 5.47. The number of rotatable bonds is 4. The maximum atomic E-state index is 11.8. The van der Waals surface area contributed by atoms with Crippen LogP contribution in [0, 0.1) is 27.7 Å². The normalized spacial score (nSPS) is 10.0. The number of carbonyl (C=O) groups excluding carboxylic acids is 1. The molecule has 4 N–H and O–H groups in total. The Morgan fingerprint density at radius 2 is 1.14 bits per heavy atom. The molecule has 0 aliphatic carbocycles. The maximum absolute atomic E-state index is 11.8. The van der Waals surface area contributed by atoms with Crippen LogP contribution in [0.5, 0.6) is 0 Å². The summed E-state index contributed by atoms with van der Waals surface area (Å²) in [7, 11) is 0. The van der Waals surface area contributed by atoms with Crippen LogP contribution in [-0.4, -0.2) is 6.03 Å². The number of benzene rings is 2. The van der Waals surface area contributed by atoms with Crippen LogP contribution in [0.1, 0.15) is 22.3 Å². The zero-order valence-corrected chi connectivity index (χ0v) is 13.4. The lowest BCUT2D eigenvalue weighted by molar-refractivity contribution is 0.244. The fraction of sp³-hybridized carbons (Fsp3) is 0.235. The quantitative estimate of drug-likeness (QED) is 0.652. The van der Waals surface area contributed by atoms with E-state index in [1.807, 2.05) is 64.1 Å². The Bertz CT molecular complexity index is 625. The lowest BCUT2D eigenvalue weighted by Gasteiger charge is -2.14. The molecule has 2 amide bonds. The number of hydrazine groups is 2. The summed E-state index contributed by atoms with van der Waals surface area (Å²) in [5.74, 6) is 0. The van der Waals surface area contributed by atoms with Crippen molar-refractivity contribution in [3.8, 4) is 0 Å². The SMILES string of the molecule is Cc1ccc(C)c(NNC(=O)NNc2cc(C)ccc2C)c1. The Kier molecular flexibility index (Phi) is 4.88. The minimum absolute atomic E-state index is 0.359. The highest BCUT2D eigenvalue weighted by molar-refractivity contribution is 5.77. The molecule has 0 radical (unpaired) electrons. The van der Waals surface area contributed by atoms with Gasteiger partial charge in [-0.15, -0.1) is 0 Å². The molecule has 0 aromatic heterocycles. The van der Waals surface area contributed by atoms with E-state index in [0.717, 1.165) is 33.6 Å². The molecule has 0 bridgehead atoms. The van der Waals surface area contributed by atoms with E-state index in [1.54, 1.807) is 0 Å². The second kappa shape index (κ2) is 6.85. The van der Waals surface area contributed by atoms with Gasteiger partial charge in [-0.1, -0.05) is 24.3 Å². The van der Waals surface area contributed by atoms with Crippen molar-refractivity contribution in [2.24, 2.45) is 0 Å². The van der Waals surface area contributed by atoms with Crippen molar-refractivity contribution in [2.75, 3.05) is 10.9 Å². The van der Waals surface area contributed by atoms with Gasteiger partial charge in [-0.3, -0.25) is 21.7 Å². The van der Waals surface area contributed by atoms with Gasteiger partial charge < -0.3 is 0 Å². The molecule has 5 heteroatoms. The summed E-state index contributed by atoms with van der Waals surface area (Å²) in [6.07, 6.45) is 0. The molecule has 0 unspecified atom stereocenters. The summed E-state index contributed by atoms with van der Waals surface area (Å²) in [5, 5.41) is 0. The van der Waals surface area contributed by atoms with Crippen molar-refractivity contribution >= 4 is 17.4 Å². The fourth-order valence-electron chi connectivity index (χ4n) is 2.02. The van der Waals surface area contributed by atoms with Gasteiger partial charge in [-0.05, 0) is 62.1 Å². The van der Waals surface area contributed by atoms with E-state index in [4.69, 9.17) is 0 Å². The fourth-order valence-corrected chi connectivity index (χ4v) is 2.02. The second-order valence-corrected chi connectivity index (χ2v) is 5.47. The van der Waals surface area contributed by atoms with Crippen LogP contribution in [-0.2, 0) is 0 Å². The minimum Gasteiger partial charge on any atom is -0.297 e. The van der Waals surface area contributed by atoms with Gasteiger partial charge >= 0.3 is 6.03 Å². The summed E-state index contributed by atoms with van der Waals surface area (Å²) in [6.45, 7) is 7.98. The standard InChI is InChI=1S/C17H22N4O/c1-11-5-7-13(3)15(9-11)18-20-17(22)21-19-16-10-12(2)6-8-14(16)4/h5-10,18-19H,1-4H3,(H2,20,21,22). The zero-order chi connectivity index (χ0) is 16.1. The van der Waals surface area contributed by atoms with Crippen LogP contribution in [0.15, 0.2) is 36.4 Å². The first-order valence-corrected chi connectivity index (χ1v) is 7.18. The topological polar surface area (TPSA) is 65.2 Å². The molecule has 0 aliphatic heterocycles. The third-order valence-corrected chi connectivity index (χ3v) is 3.41. The highest BCUT2D eigenvalue weighted by atomic mass is 16.2. The molecule has 22 heavy (non-hydrogen) atoms. The molecular formula is C17H22N4O. The number of hydrogen-bond acceptors (Lipinski definition) is 3. The minimum atomic E-state index is -0.359. The molecule has 0 saturated carbocycles. The van der Waals surface area contributed by atoms with E-state index in [0.29, 0.717) is 0 Å². The third kappa shape index (κ3) is 4.15. The summed E-state index contributed by atoms with van der Waals surface area (Å²) >= 11 is 0. The summed E-state index contributed by atoms with van der Waals surface area (Å²) in [4.78, 5) is 11.8. The van der Waals surface area contributed by atoms with Gasteiger partial charge in [-0.25, -0.2) is 4.79 Å². The molecule has 0 aliphatic rings. The van der Waals surface area contributed by atoms with Crippen LogP contribution in [0.2, 0.25) is 0 Å². The Morgan fingerprint density at radius 1 is 0.727 bits per heavy atom. The number of nitrogens with one attached hydrogen (secondary N) is 4. The first-order valence-electron chi connectivity index (χ1n) is 7.18. The molecule has 5 nitrogen and oxygen atoms in total. The van der Waals surface area contributed by atoms with E-state index in [1.165, 1.54) is 0 Å². The predicted octanol–water partition coefficient (Wildman–Crippen LogP) is 3.57. The molecule has 2 rings (SSSR count). The monoisotopic (exact) mass is 298 g/mol. The van der Waals surface area contributed by atoms with Crippen molar-refractivity contribution in [1.29, 1.82) is 0 Å². The molecular weight excluding hydrogens is 276 g/mol. The van der Waals surface area contributed by atoms with Crippen LogP contribution in [0.25, 0.3) is 0 Å². The van der Waals surface area contributed by atoms with Crippen LogP contribution in [0.3, 0.4) is 0 Å². The van der Waals surface area contributed by atoms with Crippen LogP contribution >= 0.6 is 0 Å². The number of amides is 2. The van der Waals surface area contributed by atoms with Crippen molar-refractivity contribution in [3.05, 3.63) is 58.7 Å². The molecule has 2 aromatic carbocycles. The number of aryl methyl sites for hydroxylation is 4. The zero-order valence-electron chi connectivity index (χ0n) is 13.4. The van der Waals surface area contributed by atoms with Gasteiger partial charge in [-0.2, -0.15) is 0 Å². The predicted molar refractivity (Wildman–Crippen MR) is 90.7 cm³/mol. The van der Waals surface area contributed by atoms with Gasteiger partial charge in [0.15, 0.2) is 0 Å². The number of carbonyl (C=O) groups is 1. The molecule has 116 valence electrons. The summed E-state index contributed by atoms with van der Waals surface area (Å²) in [5.41, 5.74) is 17.2. The lowest BCUT2D eigenvalue weighted by atomic mass is 10.1. The van der Waals surface area contributed by atoms with E-state index < -0.39 is 0 Å². The average molecular weight is 298 g/mol. The Labute approximate surface area is 131 Å². The van der Waals surface area contributed by atoms with Gasteiger partial charge in [0.25, 0.3) is 0 Å². The Balaban J connectivity index is 1.88. The van der Waals surface area contributed by atoms with E-state index >= 15 is 0 Å². The van der Waals surface area contributed by atoms with Crippen molar-refractivity contribution < 1.29 is 4.79 Å². The van der Waals surface area contributed by atoms with E-state index in [2.05, 4.69) is 21.7 Å². The van der Waals surface area contributed by atoms with Crippen molar-refractivity contribution in [2.45, 2.75) is 27.7 Å². The van der Waals surface area contributed by atoms with Gasteiger partial charge in [0.2, 0.25) is 0 Å². The molecule has 2 aromatic rings. The molecule has 0 spiro atoms. The largest absolute Gasteiger partial charge is 0.352 e. The molecule has 0 fully saturated rings. The number of hydrogen-bond donors (Lipinski definition) is 4. The average Bonchev–Trinajstić information content (AvgIpc) is 2.49. The van der Waals surface area contributed by atoms with Crippen LogP contribution in [0.4, 0.5) is 16.2 Å². The first-order chi connectivity index (χ1) is 10.5. The van der Waals surface area contributed by atoms with Crippen LogP contribution < -0.4 is 21.7 Å². The van der Waals surface area contributed by atoms with Gasteiger partial charge in [0.1, 0.15) is 0 Å². The smallest absolute Gasteiger partial charge is 0.297 e. The Hall–Kier alpha value is -2.69. The first kappa shape index (κ1) is 15.7. The molecule has 0 atom stereocenters. The highest BCUT2D eigenvalue weighted by Gasteiger charge is 2.03. The van der Waals surface area contributed by atoms with E-state index in [-0.39, 0.29) is 6.03 Å². The Morgan fingerprint density at radius 3 is 1.55 bits per heavy atom. The molecule has 0 saturated heterocycles. The molecule has 0 heterocycles. The summed E-state index contributed by atoms with van der Waals surface area (Å²) in [6, 6.07) is 11.7. The third-order valence-electron chi connectivity index (χ3n) is 3.41.